The van der Waals surface area contributed by atoms with Gasteiger partial charge in [0.15, 0.2) is 5.75 Å². The van der Waals surface area contributed by atoms with Gasteiger partial charge in [0.25, 0.3) is 0 Å². The topological polar surface area (TPSA) is 69.4 Å². The third-order valence-electron chi connectivity index (χ3n) is 2.56. The second-order valence-electron chi connectivity index (χ2n) is 4.19. The number of para-hydroxylation sites is 1. The first kappa shape index (κ1) is 14.2. The number of ketones is 1. The van der Waals surface area contributed by atoms with E-state index in [0.29, 0.717) is 30.8 Å². The summed E-state index contributed by atoms with van der Waals surface area (Å²) in [5.74, 6) is 0.444. The van der Waals surface area contributed by atoms with Crippen LogP contribution in [0.5, 0.6) is 5.75 Å². The van der Waals surface area contributed by atoms with E-state index in [1.807, 2.05) is 0 Å². The molecule has 0 radical (unpaired) electrons. The van der Waals surface area contributed by atoms with Crippen LogP contribution in [0.2, 0.25) is 0 Å². The Morgan fingerprint density at radius 1 is 1.39 bits per heavy atom. The van der Waals surface area contributed by atoms with E-state index < -0.39 is 4.92 Å². The van der Waals surface area contributed by atoms with Gasteiger partial charge >= 0.3 is 5.69 Å². The molecule has 0 aliphatic rings. The average molecular weight is 251 g/mol. The van der Waals surface area contributed by atoms with Crippen LogP contribution >= 0.6 is 0 Å². The Balaban J connectivity index is 2.54. The van der Waals surface area contributed by atoms with E-state index in [2.05, 4.69) is 0 Å². The Hall–Kier alpha value is -1.91. The Morgan fingerprint density at radius 3 is 2.72 bits per heavy atom. The molecule has 5 nitrogen and oxygen atoms in total. The highest BCUT2D eigenvalue weighted by Crippen LogP contribution is 2.30. The van der Waals surface area contributed by atoms with Crippen LogP contribution in [0.25, 0.3) is 0 Å². The van der Waals surface area contributed by atoms with Crippen LogP contribution in [-0.4, -0.2) is 17.3 Å². The maximum Gasteiger partial charge on any atom is 0.313 e. The van der Waals surface area contributed by atoms with Crippen molar-refractivity contribution in [3.63, 3.8) is 0 Å². The van der Waals surface area contributed by atoms with Gasteiger partial charge in [-0.25, -0.2) is 0 Å². The van der Waals surface area contributed by atoms with Crippen LogP contribution in [0.4, 0.5) is 5.69 Å². The molecule has 0 heterocycles. The first-order valence-electron chi connectivity index (χ1n) is 5.88. The molecule has 5 heteroatoms. The van der Waals surface area contributed by atoms with Crippen LogP contribution in [-0.2, 0) is 4.79 Å². The van der Waals surface area contributed by atoms with E-state index in [4.69, 9.17) is 4.74 Å². The zero-order valence-electron chi connectivity index (χ0n) is 10.6. The number of hydrogen-bond acceptors (Lipinski definition) is 4. The number of nitrogens with zero attached hydrogens (tertiary/aromatic N) is 1. The molecule has 0 aromatic heterocycles. The van der Waals surface area contributed by atoms with Crippen LogP contribution in [0.1, 0.15) is 31.7 Å². The van der Waals surface area contributed by atoms with Crippen LogP contribution in [0, 0.1) is 17.0 Å². The molecule has 0 aliphatic heterocycles. The van der Waals surface area contributed by atoms with Crippen molar-refractivity contribution in [3.8, 4) is 5.75 Å². The number of Topliss-reactive ketones (excluding diaryl/α,β-unsaturated/α-hetero) is 1. The monoisotopic (exact) mass is 251 g/mol. The number of aryl methyl sites for hydroxylation is 1. The predicted molar refractivity (Wildman–Crippen MR) is 67.9 cm³/mol. The number of carbonyl (C=O) groups is 1. The molecule has 18 heavy (non-hydrogen) atoms. The normalized spacial score (nSPS) is 10.1. The molecule has 0 saturated carbocycles. The molecule has 0 N–H and O–H groups in total. The number of carbonyl (C=O) groups excluding carboxylic acids is 1. The lowest BCUT2D eigenvalue weighted by Gasteiger charge is -2.07. The highest BCUT2D eigenvalue weighted by molar-refractivity contribution is 5.75. The van der Waals surface area contributed by atoms with Crippen molar-refractivity contribution in [1.82, 2.24) is 0 Å². The summed E-state index contributed by atoms with van der Waals surface area (Å²) >= 11 is 0. The number of ether oxygens (including phenoxy) is 1. The molecule has 0 aliphatic carbocycles. The number of nitro benzene ring substituents is 1. The zero-order chi connectivity index (χ0) is 13.5. The molecule has 0 saturated heterocycles. The van der Waals surface area contributed by atoms with Gasteiger partial charge in [-0.1, -0.05) is 12.1 Å². The standard InChI is InChI=1S/C13H17NO4/c1-10-6-5-8-12(13(10)14(16)17)18-9-4-3-7-11(2)15/h5-6,8H,3-4,7,9H2,1-2H3. The first-order valence-corrected chi connectivity index (χ1v) is 5.88. The van der Waals surface area contributed by atoms with Gasteiger partial charge in [0.05, 0.1) is 11.5 Å². The minimum absolute atomic E-state index is 0.0177. The summed E-state index contributed by atoms with van der Waals surface area (Å²) in [6, 6.07) is 5.00. The highest BCUT2D eigenvalue weighted by atomic mass is 16.6. The molecule has 0 atom stereocenters. The van der Waals surface area contributed by atoms with Crippen molar-refractivity contribution < 1.29 is 14.5 Å². The summed E-state index contributed by atoms with van der Waals surface area (Å²) in [5, 5.41) is 10.9. The van der Waals surface area contributed by atoms with Gasteiger partial charge in [-0.15, -0.1) is 0 Å². The largest absolute Gasteiger partial charge is 0.487 e. The SMILES string of the molecule is CC(=O)CCCCOc1cccc(C)c1[N+](=O)[O-]. The van der Waals surface area contributed by atoms with Crippen molar-refractivity contribution in [1.29, 1.82) is 0 Å². The molecule has 1 aromatic carbocycles. The quantitative estimate of drug-likeness (QED) is 0.424. The Kier molecular flexibility index (Phi) is 5.30. The van der Waals surface area contributed by atoms with E-state index in [-0.39, 0.29) is 11.5 Å². The third-order valence-corrected chi connectivity index (χ3v) is 2.56. The number of hydrogen-bond donors (Lipinski definition) is 0. The van der Waals surface area contributed by atoms with Crippen LogP contribution < -0.4 is 4.74 Å². The molecular formula is C13H17NO4. The lowest BCUT2D eigenvalue weighted by Crippen LogP contribution is -2.02. The summed E-state index contributed by atoms with van der Waals surface area (Å²) in [5.41, 5.74) is 0.602. The molecule has 98 valence electrons. The van der Waals surface area contributed by atoms with E-state index in [0.717, 1.165) is 6.42 Å². The van der Waals surface area contributed by atoms with Gasteiger partial charge in [0.1, 0.15) is 5.78 Å². The fourth-order valence-electron chi connectivity index (χ4n) is 1.64. The number of rotatable bonds is 7. The molecule has 1 aromatic rings. The van der Waals surface area contributed by atoms with Gasteiger partial charge in [0.2, 0.25) is 0 Å². The first-order chi connectivity index (χ1) is 8.52. The van der Waals surface area contributed by atoms with Gasteiger partial charge in [-0.3, -0.25) is 10.1 Å². The highest BCUT2D eigenvalue weighted by Gasteiger charge is 2.17. The smallest absolute Gasteiger partial charge is 0.313 e. The minimum atomic E-state index is -0.430. The van der Waals surface area contributed by atoms with Gasteiger partial charge in [-0.05, 0) is 32.8 Å². The zero-order valence-corrected chi connectivity index (χ0v) is 10.6. The molecule has 0 spiro atoms. The summed E-state index contributed by atoms with van der Waals surface area (Å²) in [4.78, 5) is 21.2. The third kappa shape index (κ3) is 4.16. The van der Waals surface area contributed by atoms with Crippen LogP contribution in [0.3, 0.4) is 0 Å². The Morgan fingerprint density at radius 2 is 2.11 bits per heavy atom. The second kappa shape index (κ2) is 6.74. The maximum absolute atomic E-state index is 10.9. The fourth-order valence-corrected chi connectivity index (χ4v) is 1.64. The molecule has 1 rings (SSSR count). The molecule has 0 bridgehead atoms. The van der Waals surface area contributed by atoms with Gasteiger partial charge in [0, 0.05) is 12.0 Å². The van der Waals surface area contributed by atoms with Gasteiger partial charge in [-0.2, -0.15) is 0 Å². The van der Waals surface area contributed by atoms with Crippen molar-refractivity contribution in [3.05, 3.63) is 33.9 Å². The second-order valence-corrected chi connectivity index (χ2v) is 4.19. The van der Waals surface area contributed by atoms with E-state index in [1.54, 1.807) is 32.0 Å². The maximum atomic E-state index is 10.9. The summed E-state index contributed by atoms with van der Waals surface area (Å²) in [7, 11) is 0. The Bertz CT molecular complexity index is 443. The number of nitro groups is 1. The fraction of sp³-hybridized carbons (Fsp3) is 0.462. The number of benzene rings is 1. The minimum Gasteiger partial charge on any atom is -0.487 e. The lowest BCUT2D eigenvalue weighted by molar-refractivity contribution is -0.386. The number of unbranched alkanes of at least 4 members (excludes halogenated alkanes) is 1. The molecule has 0 unspecified atom stereocenters. The van der Waals surface area contributed by atoms with E-state index >= 15 is 0 Å². The van der Waals surface area contributed by atoms with Crippen LogP contribution in [0.15, 0.2) is 18.2 Å². The van der Waals surface area contributed by atoms with Gasteiger partial charge < -0.3 is 9.53 Å². The predicted octanol–water partition coefficient (Wildman–Crippen LogP) is 3.04. The van der Waals surface area contributed by atoms with Crippen molar-refractivity contribution in [2.75, 3.05) is 6.61 Å². The summed E-state index contributed by atoms with van der Waals surface area (Å²) in [6.45, 7) is 3.62. The summed E-state index contributed by atoms with van der Waals surface area (Å²) in [6.07, 6.45) is 1.99. The lowest BCUT2D eigenvalue weighted by atomic mass is 10.2. The summed E-state index contributed by atoms with van der Waals surface area (Å²) < 4.78 is 5.41. The molecule has 0 fully saturated rings. The van der Waals surface area contributed by atoms with E-state index in [1.165, 1.54) is 0 Å². The molecular weight excluding hydrogens is 234 g/mol. The van der Waals surface area contributed by atoms with Crippen molar-refractivity contribution in [2.24, 2.45) is 0 Å². The van der Waals surface area contributed by atoms with Crippen molar-refractivity contribution in [2.45, 2.75) is 33.1 Å². The van der Waals surface area contributed by atoms with E-state index in [9.17, 15) is 14.9 Å². The molecule has 0 amide bonds. The van der Waals surface area contributed by atoms with Crippen molar-refractivity contribution >= 4 is 11.5 Å². The Labute approximate surface area is 106 Å². The average Bonchev–Trinajstić information content (AvgIpc) is 2.27.